The zero-order valence-corrected chi connectivity index (χ0v) is 11.0. The van der Waals surface area contributed by atoms with Gasteiger partial charge in [-0.3, -0.25) is 0 Å². The lowest BCUT2D eigenvalue weighted by molar-refractivity contribution is -0.0725. The fraction of sp³-hybridized carbons (Fsp3) is 0.571. The molecule has 3 rings (SSSR count). The van der Waals surface area contributed by atoms with Crippen LogP contribution in [-0.2, 0) is 10.3 Å². The van der Waals surface area contributed by atoms with Crippen molar-refractivity contribution in [3.05, 3.63) is 34.6 Å². The van der Waals surface area contributed by atoms with Crippen molar-refractivity contribution in [2.75, 3.05) is 13.2 Å². The Bertz CT molecular complexity index is 463. The molecular formula is C14H17ClFNO. The average Bonchev–Trinajstić information content (AvgIpc) is 2.28. The zero-order valence-electron chi connectivity index (χ0n) is 10.2. The van der Waals surface area contributed by atoms with Crippen molar-refractivity contribution < 1.29 is 9.13 Å². The van der Waals surface area contributed by atoms with E-state index < -0.39 is 0 Å². The van der Waals surface area contributed by atoms with Crippen LogP contribution in [0, 0.1) is 11.2 Å². The zero-order chi connectivity index (χ0) is 12.8. The minimum atomic E-state index is -0.387. The van der Waals surface area contributed by atoms with Gasteiger partial charge in [0.25, 0.3) is 0 Å². The highest BCUT2D eigenvalue weighted by Crippen LogP contribution is 2.58. The number of ether oxygens (including phenoxy) is 1. The van der Waals surface area contributed by atoms with E-state index in [0.29, 0.717) is 10.4 Å². The largest absolute Gasteiger partial charge is 0.381 e. The number of rotatable bonds is 1. The van der Waals surface area contributed by atoms with Gasteiger partial charge in [-0.15, -0.1) is 0 Å². The summed E-state index contributed by atoms with van der Waals surface area (Å²) in [6.45, 7) is 1.65. The second-order valence-electron chi connectivity index (χ2n) is 5.75. The van der Waals surface area contributed by atoms with Gasteiger partial charge in [0.1, 0.15) is 5.82 Å². The van der Waals surface area contributed by atoms with E-state index in [2.05, 4.69) is 0 Å². The molecular weight excluding hydrogens is 253 g/mol. The first kappa shape index (κ1) is 12.4. The predicted molar refractivity (Wildman–Crippen MR) is 69.0 cm³/mol. The van der Waals surface area contributed by atoms with Gasteiger partial charge >= 0.3 is 0 Å². The maximum atomic E-state index is 13.1. The molecule has 4 heteroatoms. The van der Waals surface area contributed by atoms with Gasteiger partial charge in [-0.05, 0) is 48.8 Å². The molecule has 2 aliphatic rings. The van der Waals surface area contributed by atoms with Gasteiger partial charge < -0.3 is 10.5 Å². The van der Waals surface area contributed by atoms with Gasteiger partial charge in [-0.1, -0.05) is 17.7 Å². The SMILES string of the molecule is NC1(c2ccc(F)cc2Cl)CC2(CCOCC2)C1. The van der Waals surface area contributed by atoms with Crippen LogP contribution in [0.5, 0.6) is 0 Å². The summed E-state index contributed by atoms with van der Waals surface area (Å²) < 4.78 is 18.5. The molecule has 2 N–H and O–H groups in total. The molecule has 1 saturated heterocycles. The summed E-state index contributed by atoms with van der Waals surface area (Å²) in [6, 6.07) is 4.51. The third kappa shape index (κ3) is 1.94. The van der Waals surface area contributed by atoms with Crippen molar-refractivity contribution >= 4 is 11.6 Å². The lowest BCUT2D eigenvalue weighted by atomic mass is 9.52. The summed E-state index contributed by atoms with van der Waals surface area (Å²) in [7, 11) is 0. The Kier molecular flexibility index (Phi) is 2.88. The molecule has 1 saturated carbocycles. The number of hydrogen-bond donors (Lipinski definition) is 1. The molecule has 0 amide bonds. The van der Waals surface area contributed by atoms with Gasteiger partial charge in [0, 0.05) is 23.8 Å². The lowest BCUT2D eigenvalue weighted by Crippen LogP contribution is -2.57. The smallest absolute Gasteiger partial charge is 0.124 e. The average molecular weight is 270 g/mol. The van der Waals surface area contributed by atoms with E-state index in [1.807, 2.05) is 0 Å². The normalized spacial score (nSPS) is 24.8. The van der Waals surface area contributed by atoms with Crippen LogP contribution < -0.4 is 5.73 Å². The van der Waals surface area contributed by atoms with Crippen LogP contribution in [0.2, 0.25) is 5.02 Å². The van der Waals surface area contributed by atoms with Crippen molar-refractivity contribution in [1.82, 2.24) is 0 Å². The second-order valence-corrected chi connectivity index (χ2v) is 6.15. The highest BCUT2D eigenvalue weighted by atomic mass is 35.5. The Hall–Kier alpha value is -0.640. The third-order valence-corrected chi connectivity index (χ3v) is 4.71. The maximum absolute atomic E-state index is 13.1. The van der Waals surface area contributed by atoms with Crippen LogP contribution in [0.15, 0.2) is 18.2 Å². The molecule has 1 aromatic carbocycles. The number of hydrogen-bond acceptors (Lipinski definition) is 2. The topological polar surface area (TPSA) is 35.2 Å². The fourth-order valence-electron chi connectivity index (χ4n) is 3.53. The van der Waals surface area contributed by atoms with Gasteiger partial charge in [0.15, 0.2) is 0 Å². The number of halogens is 2. The molecule has 0 radical (unpaired) electrons. The third-order valence-electron chi connectivity index (χ3n) is 4.40. The van der Waals surface area contributed by atoms with E-state index in [4.69, 9.17) is 22.1 Å². The van der Waals surface area contributed by atoms with E-state index in [1.165, 1.54) is 12.1 Å². The quantitative estimate of drug-likeness (QED) is 0.850. The summed E-state index contributed by atoms with van der Waals surface area (Å²) >= 11 is 6.11. The van der Waals surface area contributed by atoms with E-state index >= 15 is 0 Å². The summed E-state index contributed by atoms with van der Waals surface area (Å²) in [5.74, 6) is -0.313. The van der Waals surface area contributed by atoms with Crippen LogP contribution in [-0.4, -0.2) is 13.2 Å². The van der Waals surface area contributed by atoms with Crippen LogP contribution in [0.1, 0.15) is 31.2 Å². The highest BCUT2D eigenvalue weighted by molar-refractivity contribution is 6.31. The maximum Gasteiger partial charge on any atom is 0.124 e. The standard InChI is InChI=1S/C14H17ClFNO/c15-12-7-10(16)1-2-11(12)14(17)8-13(9-14)3-5-18-6-4-13/h1-2,7H,3-6,8-9,17H2. The van der Waals surface area contributed by atoms with E-state index in [0.717, 1.165) is 44.5 Å². The van der Waals surface area contributed by atoms with Gasteiger partial charge in [-0.2, -0.15) is 0 Å². The molecule has 1 heterocycles. The molecule has 1 spiro atoms. The minimum Gasteiger partial charge on any atom is -0.381 e. The van der Waals surface area contributed by atoms with Crippen LogP contribution >= 0.6 is 11.6 Å². The molecule has 1 aromatic rings. The van der Waals surface area contributed by atoms with Crippen molar-refractivity contribution in [3.63, 3.8) is 0 Å². The van der Waals surface area contributed by atoms with E-state index in [9.17, 15) is 4.39 Å². The summed E-state index contributed by atoms with van der Waals surface area (Å²) in [4.78, 5) is 0. The molecule has 0 unspecified atom stereocenters. The Morgan fingerprint density at radius 3 is 2.50 bits per heavy atom. The van der Waals surface area contributed by atoms with Crippen LogP contribution in [0.25, 0.3) is 0 Å². The van der Waals surface area contributed by atoms with Gasteiger partial charge in [0.05, 0.1) is 0 Å². The van der Waals surface area contributed by atoms with Crippen molar-refractivity contribution in [2.24, 2.45) is 11.1 Å². The Morgan fingerprint density at radius 2 is 1.89 bits per heavy atom. The fourth-order valence-corrected chi connectivity index (χ4v) is 3.88. The van der Waals surface area contributed by atoms with Crippen molar-refractivity contribution in [2.45, 2.75) is 31.2 Å². The molecule has 1 aliphatic heterocycles. The molecule has 2 fully saturated rings. The monoisotopic (exact) mass is 269 g/mol. The molecule has 0 atom stereocenters. The molecule has 0 aromatic heterocycles. The Balaban J connectivity index is 1.81. The van der Waals surface area contributed by atoms with Gasteiger partial charge in [-0.25, -0.2) is 4.39 Å². The molecule has 0 bridgehead atoms. The minimum absolute atomic E-state index is 0.313. The summed E-state index contributed by atoms with van der Waals surface area (Å²) in [5.41, 5.74) is 7.25. The number of nitrogens with two attached hydrogens (primary N) is 1. The Labute approximate surface area is 111 Å². The van der Waals surface area contributed by atoms with Crippen molar-refractivity contribution in [3.8, 4) is 0 Å². The first-order chi connectivity index (χ1) is 8.53. The van der Waals surface area contributed by atoms with Crippen molar-refractivity contribution in [1.29, 1.82) is 0 Å². The highest BCUT2D eigenvalue weighted by Gasteiger charge is 2.53. The molecule has 18 heavy (non-hydrogen) atoms. The number of benzene rings is 1. The first-order valence-corrected chi connectivity index (χ1v) is 6.73. The van der Waals surface area contributed by atoms with E-state index in [-0.39, 0.29) is 11.4 Å². The summed E-state index contributed by atoms with van der Waals surface area (Å²) in [6.07, 6.45) is 4.00. The molecule has 2 nitrogen and oxygen atoms in total. The molecule has 98 valence electrons. The lowest BCUT2D eigenvalue weighted by Gasteiger charge is -2.56. The predicted octanol–water partition coefficient (Wildman–Crippen LogP) is 3.22. The van der Waals surface area contributed by atoms with Crippen LogP contribution in [0.3, 0.4) is 0 Å². The van der Waals surface area contributed by atoms with Gasteiger partial charge in [0.2, 0.25) is 0 Å². The first-order valence-electron chi connectivity index (χ1n) is 6.35. The Morgan fingerprint density at radius 1 is 1.22 bits per heavy atom. The summed E-state index contributed by atoms with van der Waals surface area (Å²) in [5, 5.41) is 0.444. The molecule has 1 aliphatic carbocycles. The second kappa shape index (κ2) is 4.19. The van der Waals surface area contributed by atoms with E-state index in [1.54, 1.807) is 6.07 Å². The van der Waals surface area contributed by atoms with Crippen LogP contribution in [0.4, 0.5) is 4.39 Å².